The van der Waals surface area contributed by atoms with Gasteiger partial charge in [0, 0.05) is 12.3 Å². The van der Waals surface area contributed by atoms with Gasteiger partial charge in [0.25, 0.3) is 0 Å². The van der Waals surface area contributed by atoms with Crippen LogP contribution in [0.5, 0.6) is 0 Å². The predicted octanol–water partition coefficient (Wildman–Crippen LogP) is 2.49. The van der Waals surface area contributed by atoms with Crippen molar-refractivity contribution in [2.75, 3.05) is 0 Å². The third-order valence-electron chi connectivity index (χ3n) is 4.53. The minimum Gasteiger partial charge on any atom is -0.299 e. The lowest BCUT2D eigenvalue weighted by Crippen LogP contribution is -2.26. The second kappa shape index (κ2) is 4.32. The summed E-state index contributed by atoms with van der Waals surface area (Å²) in [5.41, 5.74) is 4.22. The van der Waals surface area contributed by atoms with E-state index in [4.69, 9.17) is 0 Å². The van der Waals surface area contributed by atoms with Gasteiger partial charge < -0.3 is 0 Å². The quantitative estimate of drug-likeness (QED) is 0.723. The van der Waals surface area contributed by atoms with Crippen molar-refractivity contribution in [3.8, 4) is 0 Å². The summed E-state index contributed by atoms with van der Waals surface area (Å²) < 4.78 is 0. The molecule has 1 nitrogen and oxygen atoms in total. The number of Topliss-reactive ketones (excluding diaryl/α,β-unsaturated/α-hetero) is 1. The molecule has 1 heterocycles. The number of hydrogen-bond donors (Lipinski definition) is 0. The standard InChI is InChI=1S/C15H19BO/c1-16-8-7-12-6-5-11(9-14(12)16)10-15(17)13-3-2-4-13/h5-6,9,13H,2-4,7-8,10H2,1H3. The Labute approximate surface area is 104 Å². The third kappa shape index (κ3) is 2.05. The van der Waals surface area contributed by atoms with Crippen molar-refractivity contribution in [3.05, 3.63) is 29.3 Å². The van der Waals surface area contributed by atoms with E-state index in [0.29, 0.717) is 24.8 Å². The molecule has 1 aliphatic heterocycles. The first-order chi connectivity index (χ1) is 8.24. The predicted molar refractivity (Wildman–Crippen MR) is 72.3 cm³/mol. The molecule has 1 aliphatic carbocycles. The largest absolute Gasteiger partial charge is 0.299 e. The molecule has 0 aromatic heterocycles. The Kier molecular flexibility index (Phi) is 2.81. The summed E-state index contributed by atoms with van der Waals surface area (Å²) in [6.45, 7) is 2.98. The lowest BCUT2D eigenvalue weighted by Gasteiger charge is -2.23. The first kappa shape index (κ1) is 11.1. The average Bonchev–Trinajstić information content (AvgIpc) is 2.58. The zero-order valence-corrected chi connectivity index (χ0v) is 10.5. The monoisotopic (exact) mass is 226 g/mol. The molecule has 1 saturated carbocycles. The second-order valence-electron chi connectivity index (χ2n) is 5.74. The molecule has 0 N–H and O–H groups in total. The topological polar surface area (TPSA) is 17.1 Å². The Bertz CT molecular complexity index is 448. The van der Waals surface area contributed by atoms with Gasteiger partial charge >= 0.3 is 0 Å². The summed E-state index contributed by atoms with van der Waals surface area (Å²) in [6, 6.07) is 6.68. The normalized spacial score (nSPS) is 19.0. The highest BCUT2D eigenvalue weighted by atomic mass is 16.1. The van der Waals surface area contributed by atoms with E-state index >= 15 is 0 Å². The number of fused-ring (bicyclic) bond motifs is 1. The van der Waals surface area contributed by atoms with E-state index in [1.165, 1.54) is 35.8 Å². The third-order valence-corrected chi connectivity index (χ3v) is 4.53. The summed E-state index contributed by atoms with van der Waals surface area (Å²) in [5, 5.41) is 0. The highest BCUT2D eigenvalue weighted by Gasteiger charge is 2.26. The van der Waals surface area contributed by atoms with Crippen LogP contribution < -0.4 is 5.46 Å². The van der Waals surface area contributed by atoms with E-state index in [1.54, 1.807) is 0 Å². The Hall–Kier alpha value is -1.05. The van der Waals surface area contributed by atoms with Gasteiger partial charge in [-0.15, -0.1) is 0 Å². The fourth-order valence-corrected chi connectivity index (χ4v) is 3.04. The van der Waals surface area contributed by atoms with Crippen LogP contribution in [-0.4, -0.2) is 12.5 Å². The smallest absolute Gasteiger partial charge is 0.173 e. The van der Waals surface area contributed by atoms with Crippen LogP contribution in [0.2, 0.25) is 13.1 Å². The van der Waals surface area contributed by atoms with Gasteiger partial charge in [0.05, 0.1) is 0 Å². The van der Waals surface area contributed by atoms with E-state index in [0.717, 1.165) is 12.8 Å². The van der Waals surface area contributed by atoms with E-state index in [2.05, 4.69) is 25.0 Å². The molecule has 1 aromatic rings. The van der Waals surface area contributed by atoms with Gasteiger partial charge in [-0.25, -0.2) is 0 Å². The minimum atomic E-state index is 0.376. The molecule has 2 aliphatic rings. The van der Waals surface area contributed by atoms with Crippen LogP contribution in [0.3, 0.4) is 0 Å². The van der Waals surface area contributed by atoms with Crippen molar-refractivity contribution in [1.29, 1.82) is 0 Å². The van der Waals surface area contributed by atoms with Crippen molar-refractivity contribution in [3.63, 3.8) is 0 Å². The van der Waals surface area contributed by atoms with Crippen LogP contribution in [0.25, 0.3) is 0 Å². The molecular formula is C15H19BO. The molecule has 3 rings (SSSR count). The summed E-state index contributed by atoms with van der Waals surface area (Å²) in [5.74, 6) is 0.836. The van der Waals surface area contributed by atoms with Crippen LogP contribution >= 0.6 is 0 Å². The molecule has 88 valence electrons. The van der Waals surface area contributed by atoms with Gasteiger partial charge in [0.1, 0.15) is 5.78 Å². The van der Waals surface area contributed by atoms with Crippen LogP contribution in [-0.2, 0) is 17.6 Å². The van der Waals surface area contributed by atoms with E-state index < -0.39 is 0 Å². The van der Waals surface area contributed by atoms with Gasteiger partial charge in [0.2, 0.25) is 0 Å². The van der Waals surface area contributed by atoms with Crippen molar-refractivity contribution < 1.29 is 4.79 Å². The first-order valence-electron chi connectivity index (χ1n) is 6.88. The lowest BCUT2D eigenvalue weighted by atomic mass is 9.48. The fraction of sp³-hybridized carbons (Fsp3) is 0.533. The molecule has 17 heavy (non-hydrogen) atoms. The van der Waals surface area contributed by atoms with E-state index in [-0.39, 0.29) is 0 Å². The molecular weight excluding hydrogens is 207 g/mol. The minimum absolute atomic E-state index is 0.376. The maximum absolute atomic E-state index is 12.0. The highest BCUT2D eigenvalue weighted by molar-refractivity contribution is 6.73. The molecule has 2 heteroatoms. The molecule has 1 aromatic carbocycles. The SMILES string of the molecule is CB1CCc2ccc(CC(=O)C3CCC3)cc21. The lowest BCUT2D eigenvalue weighted by molar-refractivity contribution is -0.124. The number of aryl methyl sites for hydroxylation is 1. The zero-order chi connectivity index (χ0) is 11.8. The first-order valence-corrected chi connectivity index (χ1v) is 6.88. The van der Waals surface area contributed by atoms with E-state index in [9.17, 15) is 4.79 Å². The highest BCUT2D eigenvalue weighted by Crippen LogP contribution is 2.28. The number of rotatable bonds is 3. The van der Waals surface area contributed by atoms with Crippen LogP contribution in [0.4, 0.5) is 0 Å². The van der Waals surface area contributed by atoms with Crippen LogP contribution in [0.15, 0.2) is 18.2 Å². The zero-order valence-electron chi connectivity index (χ0n) is 10.5. The number of hydrogen-bond acceptors (Lipinski definition) is 1. The average molecular weight is 226 g/mol. The Morgan fingerprint density at radius 1 is 1.41 bits per heavy atom. The van der Waals surface area contributed by atoms with Crippen LogP contribution in [0, 0.1) is 5.92 Å². The number of benzene rings is 1. The summed E-state index contributed by atoms with van der Waals surface area (Å²) in [6.07, 6.45) is 6.64. The molecule has 0 unspecified atom stereocenters. The Morgan fingerprint density at radius 2 is 2.24 bits per heavy atom. The van der Waals surface area contributed by atoms with Gasteiger partial charge in [-0.2, -0.15) is 0 Å². The second-order valence-corrected chi connectivity index (χ2v) is 5.74. The molecule has 0 saturated heterocycles. The van der Waals surface area contributed by atoms with Gasteiger partial charge in [0.15, 0.2) is 6.71 Å². The van der Waals surface area contributed by atoms with Gasteiger partial charge in [-0.05, 0) is 24.8 Å². The molecule has 0 spiro atoms. The number of carbonyl (C=O) groups is 1. The fourth-order valence-electron chi connectivity index (χ4n) is 3.04. The van der Waals surface area contributed by atoms with Crippen molar-refractivity contribution in [2.24, 2.45) is 5.92 Å². The van der Waals surface area contributed by atoms with Crippen molar-refractivity contribution in [1.82, 2.24) is 0 Å². The van der Waals surface area contributed by atoms with E-state index in [1.807, 2.05) is 0 Å². The maximum Gasteiger partial charge on any atom is 0.173 e. The van der Waals surface area contributed by atoms with Gasteiger partial charge in [-0.1, -0.05) is 48.8 Å². The van der Waals surface area contributed by atoms with Crippen LogP contribution in [0.1, 0.15) is 30.4 Å². The molecule has 0 bridgehead atoms. The maximum atomic E-state index is 12.0. The molecule has 0 radical (unpaired) electrons. The molecule has 0 atom stereocenters. The Balaban J connectivity index is 1.75. The summed E-state index contributed by atoms with van der Waals surface area (Å²) in [4.78, 5) is 12.0. The molecule has 0 amide bonds. The number of ketones is 1. The Morgan fingerprint density at radius 3 is 2.94 bits per heavy atom. The molecule has 1 fully saturated rings. The summed E-state index contributed by atoms with van der Waals surface area (Å²) >= 11 is 0. The van der Waals surface area contributed by atoms with Crippen molar-refractivity contribution >= 4 is 18.0 Å². The van der Waals surface area contributed by atoms with Crippen molar-refractivity contribution in [2.45, 2.75) is 45.2 Å². The van der Waals surface area contributed by atoms with Gasteiger partial charge in [-0.3, -0.25) is 4.79 Å². The number of carbonyl (C=O) groups excluding carboxylic acids is 1. The summed E-state index contributed by atoms with van der Waals surface area (Å²) in [7, 11) is 0.